The van der Waals surface area contributed by atoms with Crippen LogP contribution in [0, 0.1) is 5.92 Å². The Bertz CT molecular complexity index is 928. The van der Waals surface area contributed by atoms with Crippen LogP contribution in [0.25, 0.3) is 0 Å². The largest absolute Gasteiger partial charge is 0.476 e. The quantitative estimate of drug-likeness (QED) is 0.806. The van der Waals surface area contributed by atoms with Crippen molar-refractivity contribution in [1.82, 2.24) is 5.32 Å². The highest BCUT2D eigenvalue weighted by molar-refractivity contribution is 7.92. The van der Waals surface area contributed by atoms with Gasteiger partial charge in [0.2, 0.25) is 10.0 Å². The minimum Gasteiger partial charge on any atom is -0.476 e. The van der Waals surface area contributed by atoms with E-state index in [0.717, 1.165) is 18.2 Å². The van der Waals surface area contributed by atoms with E-state index in [4.69, 9.17) is 4.74 Å². The van der Waals surface area contributed by atoms with Crippen molar-refractivity contribution < 1.29 is 17.9 Å². The van der Waals surface area contributed by atoms with Gasteiger partial charge in [0.25, 0.3) is 5.91 Å². The Labute approximate surface area is 166 Å². The van der Waals surface area contributed by atoms with Crippen LogP contribution >= 0.6 is 0 Å². The van der Waals surface area contributed by atoms with Crippen molar-refractivity contribution in [2.24, 2.45) is 5.92 Å². The zero-order valence-electron chi connectivity index (χ0n) is 16.3. The van der Waals surface area contributed by atoms with E-state index < -0.39 is 16.1 Å². The second-order valence-electron chi connectivity index (χ2n) is 7.47. The van der Waals surface area contributed by atoms with E-state index in [0.29, 0.717) is 17.4 Å². The van der Waals surface area contributed by atoms with Crippen molar-refractivity contribution >= 4 is 21.6 Å². The molecule has 0 radical (unpaired) electrons. The van der Waals surface area contributed by atoms with Gasteiger partial charge in [0.15, 0.2) is 6.10 Å². The third kappa shape index (κ3) is 4.65. The average molecular weight is 403 g/mol. The number of rotatable bonds is 6. The lowest BCUT2D eigenvalue weighted by Gasteiger charge is -2.34. The van der Waals surface area contributed by atoms with E-state index >= 15 is 0 Å². The lowest BCUT2D eigenvalue weighted by molar-refractivity contribution is -0.128. The van der Waals surface area contributed by atoms with Gasteiger partial charge in [0, 0.05) is 0 Å². The fraction of sp³-hybridized carbons (Fsp3) is 0.381. The van der Waals surface area contributed by atoms with Gasteiger partial charge in [-0.3, -0.25) is 9.10 Å². The molecular weight excluding hydrogens is 376 g/mol. The Morgan fingerprint density at radius 2 is 1.79 bits per heavy atom. The van der Waals surface area contributed by atoms with Crippen LogP contribution < -0.4 is 14.4 Å². The number of fused-ring (bicyclic) bond motifs is 1. The number of carbonyl (C=O) groups is 1. The highest BCUT2D eigenvalue weighted by Crippen LogP contribution is 2.34. The first-order valence-corrected chi connectivity index (χ1v) is 11.2. The van der Waals surface area contributed by atoms with Gasteiger partial charge in [-0.25, -0.2) is 8.42 Å². The molecule has 1 amide bonds. The zero-order chi connectivity index (χ0) is 20.3. The molecule has 3 rings (SSSR count). The van der Waals surface area contributed by atoms with Crippen LogP contribution in [-0.2, 0) is 14.8 Å². The number of para-hydroxylation sites is 2. The molecule has 0 aliphatic carbocycles. The molecule has 1 aliphatic rings. The van der Waals surface area contributed by atoms with Crippen LogP contribution in [0.2, 0.25) is 0 Å². The van der Waals surface area contributed by atoms with Crippen molar-refractivity contribution in [1.29, 1.82) is 0 Å². The van der Waals surface area contributed by atoms with Gasteiger partial charge in [-0.05, 0) is 30.0 Å². The molecule has 0 aromatic heterocycles. The van der Waals surface area contributed by atoms with Gasteiger partial charge in [-0.2, -0.15) is 0 Å². The molecule has 2 unspecified atom stereocenters. The van der Waals surface area contributed by atoms with Crippen LogP contribution in [-0.4, -0.2) is 33.2 Å². The van der Waals surface area contributed by atoms with Crippen molar-refractivity contribution in [2.45, 2.75) is 32.4 Å². The summed E-state index contributed by atoms with van der Waals surface area (Å²) in [6.07, 6.45) is 0.993. The summed E-state index contributed by atoms with van der Waals surface area (Å²) in [5.74, 6) is 0.447. The maximum Gasteiger partial charge on any atom is 0.263 e. The fourth-order valence-corrected chi connectivity index (χ4v) is 4.27. The van der Waals surface area contributed by atoms with Gasteiger partial charge in [0.1, 0.15) is 5.75 Å². The van der Waals surface area contributed by atoms with Crippen molar-refractivity contribution in [2.75, 3.05) is 17.1 Å². The third-order valence-corrected chi connectivity index (χ3v) is 5.80. The highest BCUT2D eigenvalue weighted by atomic mass is 32.2. The molecule has 150 valence electrons. The summed E-state index contributed by atoms with van der Waals surface area (Å²) in [7, 11) is -3.53. The van der Waals surface area contributed by atoms with Gasteiger partial charge < -0.3 is 10.1 Å². The molecule has 1 heterocycles. The van der Waals surface area contributed by atoms with Crippen LogP contribution in [0.3, 0.4) is 0 Å². The molecule has 6 nitrogen and oxygen atoms in total. The number of hydrogen-bond acceptors (Lipinski definition) is 4. The summed E-state index contributed by atoms with van der Waals surface area (Å²) in [6.45, 7) is 4.15. The molecule has 0 spiro atoms. The van der Waals surface area contributed by atoms with Gasteiger partial charge in [-0.15, -0.1) is 0 Å². The molecule has 1 aliphatic heterocycles. The molecule has 28 heavy (non-hydrogen) atoms. The first-order chi connectivity index (χ1) is 13.3. The SMILES string of the molecule is CC(C)CC(NC(=O)C1CN(S(C)(=O)=O)c2ccccc2O1)c1ccccc1. The molecule has 0 saturated heterocycles. The maximum atomic E-state index is 13.0. The summed E-state index contributed by atoms with van der Waals surface area (Å²) in [6, 6.07) is 16.5. The molecule has 2 aromatic carbocycles. The Kier molecular flexibility index (Phi) is 5.93. The second-order valence-corrected chi connectivity index (χ2v) is 9.38. The minimum absolute atomic E-state index is 0.0507. The summed E-state index contributed by atoms with van der Waals surface area (Å²) >= 11 is 0. The number of carbonyl (C=O) groups excluding carboxylic acids is 1. The molecule has 2 aromatic rings. The van der Waals surface area contributed by atoms with E-state index in [1.165, 1.54) is 4.31 Å². The van der Waals surface area contributed by atoms with Crippen LogP contribution in [0.5, 0.6) is 5.75 Å². The van der Waals surface area contributed by atoms with Crippen LogP contribution in [0.1, 0.15) is 31.9 Å². The summed E-state index contributed by atoms with van der Waals surface area (Å²) in [4.78, 5) is 13.0. The Morgan fingerprint density at radius 1 is 1.14 bits per heavy atom. The highest BCUT2D eigenvalue weighted by Gasteiger charge is 2.35. The second kappa shape index (κ2) is 8.22. The normalized spacial score (nSPS) is 17.6. The number of anilines is 1. The van der Waals surface area contributed by atoms with E-state index in [1.807, 2.05) is 30.3 Å². The topological polar surface area (TPSA) is 75.7 Å². The third-order valence-electron chi connectivity index (χ3n) is 4.65. The predicted molar refractivity (Wildman–Crippen MR) is 110 cm³/mol. The summed E-state index contributed by atoms with van der Waals surface area (Å²) < 4.78 is 31.6. The van der Waals surface area contributed by atoms with Crippen LogP contribution in [0.15, 0.2) is 54.6 Å². The maximum absolute atomic E-state index is 13.0. The molecule has 1 N–H and O–H groups in total. The van der Waals surface area contributed by atoms with Crippen molar-refractivity contribution in [3.05, 3.63) is 60.2 Å². The van der Waals surface area contributed by atoms with E-state index in [9.17, 15) is 13.2 Å². The standard InChI is InChI=1S/C21H26N2O4S/c1-15(2)13-17(16-9-5-4-6-10-16)22-21(24)20-14-23(28(3,25)26)18-11-7-8-12-19(18)27-20/h4-12,15,17,20H,13-14H2,1-3H3,(H,22,24). The van der Waals surface area contributed by atoms with Crippen molar-refractivity contribution in [3.8, 4) is 5.75 Å². The number of benzene rings is 2. The van der Waals surface area contributed by atoms with Gasteiger partial charge in [-0.1, -0.05) is 56.3 Å². The van der Waals surface area contributed by atoms with E-state index in [1.54, 1.807) is 24.3 Å². The predicted octanol–water partition coefficient (Wildman–Crippen LogP) is 3.12. The fourth-order valence-electron chi connectivity index (χ4n) is 3.35. The molecule has 0 saturated carbocycles. The minimum atomic E-state index is -3.53. The lowest BCUT2D eigenvalue weighted by atomic mass is 9.96. The molecular formula is C21H26N2O4S. The zero-order valence-corrected chi connectivity index (χ0v) is 17.1. The van der Waals surface area contributed by atoms with Crippen LogP contribution in [0.4, 0.5) is 5.69 Å². The number of nitrogens with zero attached hydrogens (tertiary/aromatic N) is 1. The first-order valence-electron chi connectivity index (χ1n) is 9.34. The molecule has 7 heteroatoms. The Morgan fingerprint density at radius 3 is 2.43 bits per heavy atom. The smallest absolute Gasteiger partial charge is 0.263 e. The number of hydrogen-bond donors (Lipinski definition) is 1. The number of sulfonamides is 1. The summed E-state index contributed by atoms with van der Waals surface area (Å²) in [5, 5.41) is 3.05. The lowest BCUT2D eigenvalue weighted by Crippen LogP contribution is -2.51. The Hall–Kier alpha value is -2.54. The molecule has 0 fully saturated rings. The average Bonchev–Trinajstić information content (AvgIpc) is 2.66. The summed E-state index contributed by atoms with van der Waals surface area (Å²) in [5.41, 5.74) is 1.47. The van der Waals surface area contributed by atoms with E-state index in [2.05, 4.69) is 19.2 Å². The Balaban J connectivity index is 1.83. The monoisotopic (exact) mass is 402 g/mol. The van der Waals surface area contributed by atoms with Crippen molar-refractivity contribution in [3.63, 3.8) is 0 Å². The first kappa shape index (κ1) is 20.2. The molecule has 2 atom stereocenters. The van der Waals surface area contributed by atoms with Gasteiger partial charge in [0.05, 0.1) is 24.5 Å². The van der Waals surface area contributed by atoms with E-state index in [-0.39, 0.29) is 18.5 Å². The van der Waals surface area contributed by atoms with Gasteiger partial charge >= 0.3 is 0 Å². The number of ether oxygens (including phenoxy) is 1. The molecule has 0 bridgehead atoms. The number of amides is 1. The number of nitrogens with one attached hydrogen (secondary N) is 1.